The molecule has 2 N–H and O–H groups in total. The first-order valence-electron chi connectivity index (χ1n) is 14.3. The predicted octanol–water partition coefficient (Wildman–Crippen LogP) is 5.78. The van der Waals surface area contributed by atoms with Crippen LogP contribution >= 0.6 is 35.0 Å². The van der Waals surface area contributed by atoms with Crippen molar-refractivity contribution in [1.82, 2.24) is 35.7 Å². The number of anilines is 1. The van der Waals surface area contributed by atoms with E-state index in [9.17, 15) is 9.59 Å². The first-order valence-corrected chi connectivity index (χ1v) is 16.0. The number of thioether (sulfide) groups is 1. The predicted molar refractivity (Wildman–Crippen MR) is 175 cm³/mol. The van der Waals surface area contributed by atoms with Crippen LogP contribution in [0.1, 0.15) is 27.3 Å². The minimum Gasteiger partial charge on any atom is -0.490 e. The zero-order valence-electron chi connectivity index (χ0n) is 24.6. The van der Waals surface area contributed by atoms with Crippen LogP contribution in [0.15, 0.2) is 71.9 Å². The van der Waals surface area contributed by atoms with Gasteiger partial charge in [0.2, 0.25) is 0 Å². The van der Waals surface area contributed by atoms with Crippen LogP contribution in [0, 0.1) is 6.92 Å². The number of halogens is 2. The highest BCUT2D eigenvalue weighted by Gasteiger charge is 2.27. The Morgan fingerprint density at radius 2 is 1.96 bits per heavy atom. The van der Waals surface area contributed by atoms with Gasteiger partial charge in [-0.1, -0.05) is 41.4 Å². The maximum absolute atomic E-state index is 13.1. The summed E-state index contributed by atoms with van der Waals surface area (Å²) in [4.78, 5) is 28.4. The maximum Gasteiger partial charge on any atom is 0.414 e. The molecule has 0 fully saturated rings. The summed E-state index contributed by atoms with van der Waals surface area (Å²) in [7, 11) is 0. The van der Waals surface area contributed by atoms with Crippen molar-refractivity contribution < 1.29 is 19.1 Å². The van der Waals surface area contributed by atoms with Gasteiger partial charge in [-0.15, -0.1) is 16.9 Å². The lowest BCUT2D eigenvalue weighted by atomic mass is 10.1. The van der Waals surface area contributed by atoms with Gasteiger partial charge >= 0.3 is 6.09 Å². The van der Waals surface area contributed by atoms with Crippen LogP contribution in [0.4, 0.5) is 10.5 Å². The molecule has 1 aliphatic rings. The number of aromatic nitrogens is 6. The zero-order valence-corrected chi connectivity index (χ0v) is 26.9. The van der Waals surface area contributed by atoms with E-state index >= 15 is 0 Å². The summed E-state index contributed by atoms with van der Waals surface area (Å²) < 4.78 is 13.1. The van der Waals surface area contributed by atoms with E-state index in [1.807, 2.05) is 43.5 Å². The van der Waals surface area contributed by atoms with Crippen LogP contribution < -0.4 is 15.0 Å². The molecule has 5 aromatic rings. The molecule has 15 heteroatoms. The van der Waals surface area contributed by atoms with Crippen molar-refractivity contribution in [3.8, 4) is 16.9 Å². The monoisotopic (exact) mass is 678 g/mol. The third-order valence-corrected chi connectivity index (χ3v) is 9.12. The summed E-state index contributed by atoms with van der Waals surface area (Å²) in [5.41, 5.74) is 4.64. The SMILES string of the molecule is Cc1c(Cl)cccc1OCCOC(=O)N1CCSc2c(-c3cnn(Cc4cc(C(=O)NCc5nnn[nH]5)ccc4Cl)c3)cccc21. The van der Waals surface area contributed by atoms with Crippen molar-refractivity contribution in [1.29, 1.82) is 0 Å². The van der Waals surface area contributed by atoms with Crippen molar-refractivity contribution in [3.05, 3.63) is 99.6 Å². The summed E-state index contributed by atoms with van der Waals surface area (Å²) in [6, 6.07) is 16.4. The van der Waals surface area contributed by atoms with Gasteiger partial charge < -0.3 is 14.8 Å². The molecule has 2 aromatic heterocycles. The largest absolute Gasteiger partial charge is 0.490 e. The quantitative estimate of drug-likeness (QED) is 0.176. The lowest BCUT2D eigenvalue weighted by Gasteiger charge is -2.29. The summed E-state index contributed by atoms with van der Waals surface area (Å²) >= 11 is 14.3. The summed E-state index contributed by atoms with van der Waals surface area (Å²) in [5, 5.41) is 21.8. The van der Waals surface area contributed by atoms with Crippen LogP contribution in [-0.2, 0) is 17.8 Å². The average Bonchev–Trinajstić information content (AvgIpc) is 3.77. The Morgan fingerprint density at radius 3 is 2.80 bits per heavy atom. The number of hydrogen-bond donors (Lipinski definition) is 2. The molecule has 2 amide bonds. The highest BCUT2D eigenvalue weighted by Crippen LogP contribution is 2.42. The average molecular weight is 680 g/mol. The standard InChI is InChI=1S/C31H28Cl2N8O4S/c1-19-24(32)5-3-7-27(19)44-11-12-45-31(43)41-10-13-46-29-23(4-2-6-26(29)41)22-15-35-40(18-22)17-21-14-20(8-9-25(21)33)30(42)34-16-28-36-38-39-37-28/h2-9,14-15,18H,10-13,16-17H2,1H3,(H,34,42)(H,36,37,38,39). The number of ether oxygens (including phenoxy) is 2. The van der Waals surface area contributed by atoms with Gasteiger partial charge in [0.15, 0.2) is 5.82 Å². The molecule has 46 heavy (non-hydrogen) atoms. The highest BCUT2D eigenvalue weighted by atomic mass is 35.5. The van der Waals surface area contributed by atoms with Crippen LogP contribution in [0.5, 0.6) is 5.75 Å². The van der Waals surface area contributed by atoms with E-state index in [2.05, 4.69) is 31.0 Å². The topological polar surface area (TPSA) is 140 Å². The molecular weight excluding hydrogens is 651 g/mol. The van der Waals surface area contributed by atoms with E-state index in [0.29, 0.717) is 46.0 Å². The summed E-state index contributed by atoms with van der Waals surface area (Å²) in [6.07, 6.45) is 3.26. The number of nitrogens with one attached hydrogen (secondary N) is 2. The Bertz CT molecular complexity index is 1870. The van der Waals surface area contributed by atoms with Gasteiger partial charge in [-0.2, -0.15) is 5.10 Å². The minimum absolute atomic E-state index is 0.0978. The fourth-order valence-electron chi connectivity index (χ4n) is 4.89. The van der Waals surface area contributed by atoms with E-state index < -0.39 is 6.09 Å². The molecule has 0 radical (unpaired) electrons. The number of carbonyl (C=O) groups is 2. The molecule has 0 atom stereocenters. The summed E-state index contributed by atoms with van der Waals surface area (Å²) in [5.74, 6) is 1.53. The van der Waals surface area contributed by atoms with Crippen LogP contribution in [-0.4, -0.2) is 67.9 Å². The fraction of sp³-hybridized carbons (Fsp3) is 0.226. The molecule has 3 aromatic carbocycles. The van der Waals surface area contributed by atoms with E-state index in [0.717, 1.165) is 32.8 Å². The number of hydrogen-bond acceptors (Lipinski definition) is 9. The molecule has 12 nitrogen and oxygen atoms in total. The molecular formula is C31H28Cl2N8O4S. The number of nitrogens with zero attached hydrogens (tertiary/aromatic N) is 6. The Hall–Kier alpha value is -4.59. The minimum atomic E-state index is -0.433. The van der Waals surface area contributed by atoms with Crippen molar-refractivity contribution in [2.45, 2.75) is 24.9 Å². The Labute approximate surface area is 278 Å². The number of aromatic amines is 1. The highest BCUT2D eigenvalue weighted by molar-refractivity contribution is 7.99. The van der Waals surface area contributed by atoms with Gasteiger partial charge in [0.1, 0.15) is 19.0 Å². The number of tetrazole rings is 1. The third kappa shape index (κ3) is 7.11. The van der Waals surface area contributed by atoms with Gasteiger partial charge in [-0.05, 0) is 59.3 Å². The first-order chi connectivity index (χ1) is 22.4. The molecule has 0 unspecified atom stereocenters. The molecule has 3 heterocycles. The molecule has 236 valence electrons. The van der Waals surface area contributed by atoms with Gasteiger partial charge in [0, 0.05) is 55.7 Å². The van der Waals surface area contributed by atoms with Crippen LogP contribution in [0.3, 0.4) is 0 Å². The van der Waals surface area contributed by atoms with E-state index in [1.54, 1.807) is 51.8 Å². The van der Waals surface area contributed by atoms with Crippen molar-refractivity contribution in [2.24, 2.45) is 0 Å². The van der Waals surface area contributed by atoms with E-state index in [4.69, 9.17) is 32.7 Å². The maximum atomic E-state index is 13.1. The number of fused-ring (bicyclic) bond motifs is 1. The number of amides is 2. The first kappa shape index (κ1) is 31.4. The molecule has 1 aliphatic heterocycles. The molecule has 0 spiro atoms. The number of benzene rings is 3. The zero-order chi connectivity index (χ0) is 32.0. The second-order valence-electron chi connectivity index (χ2n) is 10.2. The third-order valence-electron chi connectivity index (χ3n) is 7.24. The van der Waals surface area contributed by atoms with Gasteiger partial charge in [0.05, 0.1) is 25.0 Å². The Kier molecular flexibility index (Phi) is 9.71. The lowest BCUT2D eigenvalue weighted by Crippen LogP contribution is -2.36. The number of H-pyrrole nitrogens is 1. The Balaban J connectivity index is 1.11. The molecule has 0 saturated carbocycles. The van der Waals surface area contributed by atoms with Gasteiger partial charge in [-0.25, -0.2) is 9.89 Å². The van der Waals surface area contributed by atoms with E-state index in [1.165, 1.54) is 0 Å². The second kappa shape index (κ2) is 14.2. The van der Waals surface area contributed by atoms with Crippen molar-refractivity contribution in [3.63, 3.8) is 0 Å². The smallest absolute Gasteiger partial charge is 0.414 e. The van der Waals surface area contributed by atoms with Crippen LogP contribution in [0.25, 0.3) is 11.1 Å². The lowest BCUT2D eigenvalue weighted by molar-refractivity contribution is 0.0949. The molecule has 0 saturated heterocycles. The van der Waals surface area contributed by atoms with Crippen molar-refractivity contribution in [2.75, 3.05) is 30.4 Å². The summed E-state index contributed by atoms with van der Waals surface area (Å²) in [6.45, 7) is 3.22. The van der Waals surface area contributed by atoms with Gasteiger partial charge in [-0.3, -0.25) is 14.4 Å². The molecule has 0 bridgehead atoms. The molecule has 6 rings (SSSR count). The fourth-order valence-corrected chi connectivity index (χ4v) is 6.38. The number of carbonyl (C=O) groups excluding carboxylic acids is 2. The van der Waals surface area contributed by atoms with Crippen LogP contribution in [0.2, 0.25) is 10.0 Å². The van der Waals surface area contributed by atoms with Gasteiger partial charge in [0.25, 0.3) is 5.91 Å². The van der Waals surface area contributed by atoms with Crippen molar-refractivity contribution >= 4 is 52.7 Å². The normalized spacial score (nSPS) is 12.5. The Morgan fingerprint density at radius 1 is 1.09 bits per heavy atom. The molecule has 0 aliphatic carbocycles. The second-order valence-corrected chi connectivity index (χ2v) is 12.2. The number of rotatable bonds is 10. The van der Waals surface area contributed by atoms with E-state index in [-0.39, 0.29) is 25.7 Å².